The Balaban J connectivity index is 2.06. The summed E-state index contributed by atoms with van der Waals surface area (Å²) < 4.78 is 42.1. The average Bonchev–Trinajstić information content (AvgIpc) is 2.60. The van der Waals surface area contributed by atoms with Crippen LogP contribution in [0.4, 0.5) is 0 Å². The van der Waals surface area contributed by atoms with Crippen molar-refractivity contribution >= 4 is 28.0 Å². The molecule has 0 radical (unpaired) electrons. The first-order valence-corrected chi connectivity index (χ1v) is 11.6. The van der Waals surface area contributed by atoms with E-state index in [1.165, 1.54) is 6.92 Å². The van der Waals surface area contributed by atoms with E-state index in [1.807, 2.05) is 0 Å². The SMILES string of the molecule is CC(=O)NC(CCS(=O)(=O)O)CC(C)(C)[C@H]1OC(=O)C(C2CCCCC2)OC1=O. The largest absolute Gasteiger partial charge is 0.447 e. The third kappa shape index (κ3) is 6.95. The molecule has 0 aromatic carbocycles. The zero-order valence-electron chi connectivity index (χ0n) is 17.2. The lowest BCUT2D eigenvalue weighted by Gasteiger charge is -2.40. The van der Waals surface area contributed by atoms with Crippen LogP contribution in [0.15, 0.2) is 0 Å². The summed E-state index contributed by atoms with van der Waals surface area (Å²) in [4.78, 5) is 36.6. The summed E-state index contributed by atoms with van der Waals surface area (Å²) in [5.74, 6) is -2.11. The number of nitrogens with one attached hydrogen (secondary N) is 1. The number of hydrogen-bond donors (Lipinski definition) is 2. The maximum Gasteiger partial charge on any atom is 0.348 e. The molecule has 0 bridgehead atoms. The van der Waals surface area contributed by atoms with Crippen LogP contribution in [0.1, 0.15) is 65.7 Å². The zero-order chi connectivity index (χ0) is 21.8. The Hall–Kier alpha value is -1.68. The minimum atomic E-state index is -4.20. The zero-order valence-corrected chi connectivity index (χ0v) is 18.0. The maximum absolute atomic E-state index is 12.6. The second-order valence-electron chi connectivity index (χ2n) is 8.74. The van der Waals surface area contributed by atoms with Gasteiger partial charge < -0.3 is 14.8 Å². The first-order chi connectivity index (χ1) is 13.4. The standard InChI is InChI=1S/C19H31NO8S/c1-12(21)20-14(9-10-29(24,25)26)11-19(2,3)16-18(23)27-15(17(22)28-16)13-7-5-4-6-8-13/h13-16H,4-11H2,1-3H3,(H,20,21)(H,24,25,26)/t14?,15?,16-/m0/s1. The fraction of sp³-hybridized carbons (Fsp3) is 0.842. The van der Waals surface area contributed by atoms with E-state index in [2.05, 4.69) is 5.32 Å². The van der Waals surface area contributed by atoms with Crippen LogP contribution >= 0.6 is 0 Å². The van der Waals surface area contributed by atoms with Crippen molar-refractivity contribution in [3.05, 3.63) is 0 Å². The third-order valence-corrected chi connectivity index (χ3v) is 6.37. The van der Waals surface area contributed by atoms with Crippen LogP contribution in [0, 0.1) is 11.3 Å². The highest BCUT2D eigenvalue weighted by atomic mass is 32.2. The van der Waals surface area contributed by atoms with Gasteiger partial charge in [-0.3, -0.25) is 9.35 Å². The van der Waals surface area contributed by atoms with Crippen LogP contribution in [0.5, 0.6) is 0 Å². The van der Waals surface area contributed by atoms with Crippen molar-refractivity contribution in [2.75, 3.05) is 5.75 Å². The highest BCUT2D eigenvalue weighted by molar-refractivity contribution is 7.85. The van der Waals surface area contributed by atoms with Gasteiger partial charge in [-0.15, -0.1) is 0 Å². The molecule has 1 amide bonds. The molecule has 0 aromatic heterocycles. The summed E-state index contributed by atoms with van der Waals surface area (Å²) in [5.41, 5.74) is -0.920. The van der Waals surface area contributed by atoms with Crippen LogP contribution in [-0.4, -0.2) is 54.8 Å². The van der Waals surface area contributed by atoms with Gasteiger partial charge in [-0.2, -0.15) is 8.42 Å². The molecule has 0 spiro atoms. The van der Waals surface area contributed by atoms with E-state index in [0.29, 0.717) is 0 Å². The Kier molecular flexibility index (Phi) is 7.67. The summed E-state index contributed by atoms with van der Waals surface area (Å²) in [6, 6.07) is -0.632. The summed E-state index contributed by atoms with van der Waals surface area (Å²) in [6.45, 7) is 4.67. The second kappa shape index (κ2) is 9.42. The van der Waals surface area contributed by atoms with Gasteiger partial charge in [0.2, 0.25) is 18.1 Å². The van der Waals surface area contributed by atoms with Crippen LogP contribution in [-0.2, 0) is 34.0 Å². The monoisotopic (exact) mass is 433 g/mol. The van der Waals surface area contributed by atoms with Gasteiger partial charge in [-0.05, 0) is 25.7 Å². The van der Waals surface area contributed by atoms with Crippen LogP contribution < -0.4 is 5.32 Å². The number of hydrogen-bond acceptors (Lipinski definition) is 7. The lowest BCUT2D eigenvalue weighted by molar-refractivity contribution is -0.209. The Morgan fingerprint density at radius 2 is 1.79 bits per heavy atom. The fourth-order valence-electron chi connectivity index (χ4n) is 4.22. The van der Waals surface area contributed by atoms with E-state index < -0.39 is 51.5 Å². The lowest BCUT2D eigenvalue weighted by Crippen LogP contribution is -2.54. The number of ether oxygens (including phenoxy) is 2. The molecule has 166 valence electrons. The normalized spacial score (nSPS) is 25.1. The Labute approximate surface area is 171 Å². The van der Waals surface area contributed by atoms with Crippen molar-refractivity contribution in [2.45, 2.75) is 84.0 Å². The topological polar surface area (TPSA) is 136 Å². The lowest BCUT2D eigenvalue weighted by atomic mass is 9.78. The van der Waals surface area contributed by atoms with E-state index in [1.54, 1.807) is 13.8 Å². The quantitative estimate of drug-likeness (QED) is 0.435. The second-order valence-corrected chi connectivity index (χ2v) is 10.3. The number of carbonyl (C=O) groups is 3. The Morgan fingerprint density at radius 1 is 1.17 bits per heavy atom. The minimum absolute atomic E-state index is 0.0221. The van der Waals surface area contributed by atoms with Crippen LogP contribution in [0.3, 0.4) is 0 Å². The van der Waals surface area contributed by atoms with Crippen LogP contribution in [0.2, 0.25) is 0 Å². The van der Waals surface area contributed by atoms with Crippen molar-refractivity contribution in [3.63, 3.8) is 0 Å². The molecule has 1 heterocycles. The molecule has 10 heteroatoms. The molecule has 2 aliphatic rings. The first-order valence-electron chi connectivity index (χ1n) is 10.0. The molecule has 29 heavy (non-hydrogen) atoms. The highest BCUT2D eigenvalue weighted by Crippen LogP contribution is 2.37. The van der Waals surface area contributed by atoms with Gasteiger partial charge in [-0.1, -0.05) is 33.1 Å². The average molecular weight is 434 g/mol. The number of cyclic esters (lactones) is 2. The fourth-order valence-corrected chi connectivity index (χ4v) is 4.80. The van der Waals surface area contributed by atoms with Gasteiger partial charge in [0.05, 0.1) is 5.75 Å². The predicted molar refractivity (Wildman–Crippen MR) is 103 cm³/mol. The molecule has 2 rings (SSSR count). The van der Waals surface area contributed by atoms with Gasteiger partial charge >= 0.3 is 11.9 Å². The summed E-state index contributed by atoms with van der Waals surface area (Å²) in [5, 5.41) is 2.63. The highest BCUT2D eigenvalue weighted by Gasteiger charge is 2.49. The molecule has 1 aliphatic carbocycles. The van der Waals surface area contributed by atoms with Gasteiger partial charge in [-0.25, -0.2) is 9.59 Å². The van der Waals surface area contributed by atoms with Crippen molar-refractivity contribution in [3.8, 4) is 0 Å². The number of rotatable bonds is 8. The van der Waals surface area contributed by atoms with Crippen LogP contribution in [0.25, 0.3) is 0 Å². The molecule has 3 atom stereocenters. The van der Waals surface area contributed by atoms with E-state index in [9.17, 15) is 22.8 Å². The molecule has 2 unspecified atom stereocenters. The van der Waals surface area contributed by atoms with Crippen molar-refractivity contribution in [1.82, 2.24) is 5.32 Å². The van der Waals surface area contributed by atoms with E-state index >= 15 is 0 Å². The molecule has 1 saturated carbocycles. The van der Waals surface area contributed by atoms with Gasteiger partial charge in [0.15, 0.2) is 0 Å². The summed E-state index contributed by atoms with van der Waals surface area (Å²) in [6.07, 6.45) is 2.82. The number of carbonyl (C=O) groups excluding carboxylic acids is 3. The summed E-state index contributed by atoms with van der Waals surface area (Å²) in [7, 11) is -4.20. The Bertz CT molecular complexity index is 726. The van der Waals surface area contributed by atoms with Crippen molar-refractivity contribution in [1.29, 1.82) is 0 Å². The Morgan fingerprint density at radius 3 is 2.34 bits per heavy atom. The molecular formula is C19H31NO8S. The third-order valence-electron chi connectivity index (χ3n) is 5.62. The summed E-state index contributed by atoms with van der Waals surface area (Å²) >= 11 is 0. The van der Waals surface area contributed by atoms with E-state index in [4.69, 9.17) is 14.0 Å². The van der Waals surface area contributed by atoms with E-state index in [-0.39, 0.29) is 24.7 Å². The predicted octanol–water partition coefficient (Wildman–Crippen LogP) is 1.60. The maximum atomic E-state index is 12.6. The molecule has 2 N–H and O–H groups in total. The first kappa shape index (κ1) is 23.6. The number of esters is 2. The van der Waals surface area contributed by atoms with E-state index in [0.717, 1.165) is 32.1 Å². The van der Waals surface area contributed by atoms with Gasteiger partial charge in [0, 0.05) is 24.3 Å². The smallest absolute Gasteiger partial charge is 0.348 e. The molecule has 2 fully saturated rings. The molecular weight excluding hydrogens is 402 g/mol. The van der Waals surface area contributed by atoms with Crippen molar-refractivity contribution < 1.29 is 36.8 Å². The van der Waals surface area contributed by atoms with Gasteiger partial charge in [0.25, 0.3) is 10.1 Å². The van der Waals surface area contributed by atoms with Gasteiger partial charge in [0.1, 0.15) is 0 Å². The molecule has 1 aliphatic heterocycles. The molecule has 1 saturated heterocycles. The minimum Gasteiger partial charge on any atom is -0.447 e. The van der Waals surface area contributed by atoms with Crippen molar-refractivity contribution in [2.24, 2.45) is 11.3 Å². The number of amides is 1. The molecule has 9 nitrogen and oxygen atoms in total. The molecule has 0 aromatic rings.